The van der Waals surface area contributed by atoms with Gasteiger partial charge in [-0.25, -0.2) is 4.90 Å². The van der Waals surface area contributed by atoms with E-state index in [1.807, 2.05) is 6.08 Å². The van der Waals surface area contributed by atoms with Crippen molar-refractivity contribution in [2.75, 3.05) is 33.0 Å². The summed E-state index contributed by atoms with van der Waals surface area (Å²) in [7, 11) is 0. The van der Waals surface area contributed by atoms with Gasteiger partial charge in [-0.2, -0.15) is 0 Å². The fraction of sp³-hybridized carbons (Fsp3) is 0.692. The molecule has 0 bridgehead atoms. The number of morpholine rings is 1. The molecule has 1 aliphatic carbocycles. The first kappa shape index (κ1) is 13.1. The van der Waals surface area contributed by atoms with Crippen molar-refractivity contribution in [2.24, 2.45) is 11.8 Å². The SMILES string of the molecule is O=C1C2CC=C(Cl)CC2C(=O)N1C[NH+]1CCOCC1. The largest absolute Gasteiger partial charge is 0.370 e. The van der Waals surface area contributed by atoms with Gasteiger partial charge >= 0.3 is 0 Å². The van der Waals surface area contributed by atoms with Crippen LogP contribution >= 0.6 is 11.6 Å². The molecule has 2 saturated heterocycles. The average molecular weight is 286 g/mol. The van der Waals surface area contributed by atoms with Crippen molar-refractivity contribution in [3.05, 3.63) is 11.1 Å². The number of allylic oxidation sites excluding steroid dienone is 2. The van der Waals surface area contributed by atoms with Crippen LogP contribution in [-0.4, -0.2) is 49.7 Å². The molecule has 1 N–H and O–H groups in total. The van der Waals surface area contributed by atoms with Gasteiger partial charge in [0.1, 0.15) is 13.1 Å². The van der Waals surface area contributed by atoms with Crippen molar-refractivity contribution < 1.29 is 19.2 Å². The number of rotatable bonds is 2. The van der Waals surface area contributed by atoms with Gasteiger partial charge < -0.3 is 9.64 Å². The molecule has 0 radical (unpaired) electrons. The molecule has 2 heterocycles. The van der Waals surface area contributed by atoms with E-state index in [1.54, 1.807) is 0 Å². The summed E-state index contributed by atoms with van der Waals surface area (Å²) in [5.74, 6) is -0.476. The topological polar surface area (TPSA) is 51.0 Å². The zero-order valence-electron chi connectivity index (χ0n) is 10.7. The molecule has 0 aromatic rings. The van der Waals surface area contributed by atoms with Gasteiger partial charge in [-0.1, -0.05) is 17.7 Å². The Balaban J connectivity index is 1.70. The van der Waals surface area contributed by atoms with Crippen molar-refractivity contribution >= 4 is 23.4 Å². The van der Waals surface area contributed by atoms with E-state index in [9.17, 15) is 9.59 Å². The summed E-state index contributed by atoms with van der Waals surface area (Å²) in [5, 5.41) is 0.711. The fourth-order valence-corrected chi connectivity index (χ4v) is 3.35. The molecule has 2 fully saturated rings. The molecule has 3 aliphatic rings. The summed E-state index contributed by atoms with van der Waals surface area (Å²) >= 11 is 5.99. The van der Waals surface area contributed by atoms with Gasteiger partial charge in [0.2, 0.25) is 11.8 Å². The lowest BCUT2D eigenvalue weighted by Crippen LogP contribution is -3.15. The quantitative estimate of drug-likeness (QED) is 0.688. The summed E-state index contributed by atoms with van der Waals surface area (Å²) in [6.45, 7) is 3.58. The summed E-state index contributed by atoms with van der Waals surface area (Å²) < 4.78 is 5.29. The number of imide groups is 1. The number of quaternary nitrogens is 1. The van der Waals surface area contributed by atoms with Crippen molar-refractivity contribution in [3.63, 3.8) is 0 Å². The van der Waals surface area contributed by atoms with Gasteiger partial charge in [0, 0.05) is 5.03 Å². The molecular formula is C13H18ClN2O3+. The Morgan fingerprint density at radius 1 is 1.26 bits per heavy atom. The maximum Gasteiger partial charge on any atom is 0.237 e. The predicted octanol–water partition coefficient (Wildman–Crippen LogP) is -0.623. The molecule has 104 valence electrons. The van der Waals surface area contributed by atoms with E-state index in [1.165, 1.54) is 9.80 Å². The van der Waals surface area contributed by atoms with Crippen LogP contribution in [0.5, 0.6) is 0 Å². The van der Waals surface area contributed by atoms with E-state index >= 15 is 0 Å². The molecule has 6 heteroatoms. The van der Waals surface area contributed by atoms with E-state index < -0.39 is 0 Å². The van der Waals surface area contributed by atoms with Gasteiger partial charge in [-0.15, -0.1) is 0 Å². The number of fused-ring (bicyclic) bond motifs is 1. The van der Waals surface area contributed by atoms with Crippen LogP contribution in [0.1, 0.15) is 12.8 Å². The Morgan fingerprint density at radius 2 is 1.95 bits per heavy atom. The lowest BCUT2D eigenvalue weighted by atomic mass is 9.85. The van der Waals surface area contributed by atoms with Crippen LogP contribution < -0.4 is 4.90 Å². The van der Waals surface area contributed by atoms with Gasteiger partial charge in [0.05, 0.1) is 25.0 Å². The van der Waals surface area contributed by atoms with Gasteiger partial charge in [0.25, 0.3) is 0 Å². The standard InChI is InChI=1S/C13H17ClN2O3/c14-9-1-2-10-11(7-9)13(18)16(12(10)17)8-15-3-5-19-6-4-15/h1,10-11H,2-8H2/p+1. The number of likely N-dealkylation sites (tertiary alicyclic amines) is 1. The van der Waals surface area contributed by atoms with Crippen LogP contribution in [0, 0.1) is 11.8 Å². The van der Waals surface area contributed by atoms with Gasteiger partial charge in [0.15, 0.2) is 6.67 Å². The average Bonchev–Trinajstić information content (AvgIpc) is 2.65. The van der Waals surface area contributed by atoms with Crippen molar-refractivity contribution in [2.45, 2.75) is 12.8 Å². The van der Waals surface area contributed by atoms with Crippen LogP contribution in [0.25, 0.3) is 0 Å². The molecular weight excluding hydrogens is 268 g/mol. The lowest BCUT2D eigenvalue weighted by Gasteiger charge is -2.27. The third-order valence-electron chi connectivity index (χ3n) is 4.24. The van der Waals surface area contributed by atoms with Crippen molar-refractivity contribution in [3.8, 4) is 0 Å². The Kier molecular flexibility index (Phi) is 3.60. The number of amides is 2. The number of hydrogen-bond donors (Lipinski definition) is 1. The number of carbonyl (C=O) groups excluding carboxylic acids is 2. The van der Waals surface area contributed by atoms with Crippen LogP contribution in [-0.2, 0) is 14.3 Å². The second-order valence-corrected chi connectivity index (χ2v) is 5.91. The van der Waals surface area contributed by atoms with Crippen LogP contribution in [0.3, 0.4) is 0 Å². The van der Waals surface area contributed by atoms with E-state index in [4.69, 9.17) is 16.3 Å². The zero-order chi connectivity index (χ0) is 13.4. The monoisotopic (exact) mass is 285 g/mol. The zero-order valence-corrected chi connectivity index (χ0v) is 11.5. The molecule has 5 nitrogen and oxygen atoms in total. The lowest BCUT2D eigenvalue weighted by molar-refractivity contribution is -0.915. The fourth-order valence-electron chi connectivity index (χ4n) is 3.09. The van der Waals surface area contributed by atoms with E-state index in [2.05, 4.69) is 0 Å². The number of carbonyl (C=O) groups is 2. The first-order valence-corrected chi connectivity index (χ1v) is 7.15. The molecule has 0 aromatic heterocycles. The molecule has 3 rings (SSSR count). The molecule has 0 saturated carbocycles. The van der Waals surface area contributed by atoms with E-state index in [0.717, 1.165) is 13.1 Å². The van der Waals surface area contributed by atoms with E-state index in [-0.39, 0.29) is 23.7 Å². The molecule has 2 amide bonds. The summed E-state index contributed by atoms with van der Waals surface area (Å²) in [6.07, 6.45) is 2.99. The highest BCUT2D eigenvalue weighted by atomic mass is 35.5. The second kappa shape index (κ2) is 5.23. The Bertz CT molecular complexity index is 432. The highest BCUT2D eigenvalue weighted by Gasteiger charge is 2.49. The summed E-state index contributed by atoms with van der Waals surface area (Å²) in [4.78, 5) is 27.3. The number of nitrogens with one attached hydrogen (secondary N) is 1. The summed E-state index contributed by atoms with van der Waals surface area (Å²) in [5.41, 5.74) is 0. The maximum absolute atomic E-state index is 12.3. The van der Waals surface area contributed by atoms with Crippen LogP contribution in [0.4, 0.5) is 0 Å². The minimum atomic E-state index is -0.231. The Hall–Kier alpha value is -0.910. The second-order valence-electron chi connectivity index (χ2n) is 5.43. The van der Waals surface area contributed by atoms with Crippen LogP contribution in [0.15, 0.2) is 11.1 Å². The van der Waals surface area contributed by atoms with Crippen molar-refractivity contribution in [1.29, 1.82) is 0 Å². The summed E-state index contributed by atoms with van der Waals surface area (Å²) in [6, 6.07) is 0. The molecule has 0 aromatic carbocycles. The molecule has 2 unspecified atom stereocenters. The molecule has 2 atom stereocenters. The third-order valence-corrected chi connectivity index (χ3v) is 4.55. The number of nitrogens with zero attached hydrogens (tertiary/aromatic N) is 1. The van der Waals surface area contributed by atoms with Crippen molar-refractivity contribution in [1.82, 2.24) is 4.90 Å². The normalized spacial score (nSPS) is 32.5. The number of halogens is 1. The highest BCUT2D eigenvalue weighted by Crippen LogP contribution is 2.38. The smallest absolute Gasteiger partial charge is 0.237 e. The highest BCUT2D eigenvalue weighted by molar-refractivity contribution is 6.30. The molecule has 19 heavy (non-hydrogen) atoms. The Labute approximate surface area is 117 Å². The first-order valence-electron chi connectivity index (χ1n) is 6.78. The van der Waals surface area contributed by atoms with Crippen LogP contribution in [0.2, 0.25) is 0 Å². The number of hydrogen-bond acceptors (Lipinski definition) is 3. The first-order chi connectivity index (χ1) is 9.16. The molecule has 2 aliphatic heterocycles. The minimum absolute atomic E-state index is 0.0191. The third kappa shape index (κ3) is 2.42. The van der Waals surface area contributed by atoms with Gasteiger partial charge in [-0.3, -0.25) is 9.59 Å². The minimum Gasteiger partial charge on any atom is -0.370 e. The van der Waals surface area contributed by atoms with Gasteiger partial charge in [-0.05, 0) is 12.8 Å². The molecule has 0 spiro atoms. The van der Waals surface area contributed by atoms with E-state index in [0.29, 0.717) is 37.8 Å². The maximum atomic E-state index is 12.3. The Morgan fingerprint density at radius 3 is 2.68 bits per heavy atom. The number of ether oxygens (including phenoxy) is 1. The predicted molar refractivity (Wildman–Crippen MR) is 68.4 cm³/mol.